The predicted molar refractivity (Wildman–Crippen MR) is 105 cm³/mol. The number of nitrogens with zero attached hydrogens (tertiary/aromatic N) is 1. The lowest BCUT2D eigenvalue weighted by Crippen LogP contribution is -2.47. The molecule has 2 heterocycles. The number of likely N-dealkylation sites (tertiary alicyclic amines) is 1. The monoisotopic (exact) mass is 364 g/mol. The summed E-state index contributed by atoms with van der Waals surface area (Å²) in [5, 5.41) is 9.37. The summed E-state index contributed by atoms with van der Waals surface area (Å²) in [7, 11) is 0. The summed E-state index contributed by atoms with van der Waals surface area (Å²) in [6.07, 6.45) is 1.53. The molecule has 2 aliphatic heterocycles. The van der Waals surface area contributed by atoms with E-state index in [2.05, 4.69) is 22.0 Å². The van der Waals surface area contributed by atoms with E-state index in [0.29, 0.717) is 18.7 Å². The van der Waals surface area contributed by atoms with Crippen molar-refractivity contribution >= 4 is 17.6 Å². The van der Waals surface area contributed by atoms with Gasteiger partial charge >= 0.3 is 6.03 Å². The van der Waals surface area contributed by atoms with Crippen LogP contribution in [0, 0.1) is 0 Å². The minimum Gasteiger partial charge on any atom is -0.349 e. The molecular weight excluding hydrogens is 340 g/mol. The van der Waals surface area contributed by atoms with Crippen LogP contribution in [0.4, 0.5) is 10.5 Å². The minimum atomic E-state index is -0.0752. The summed E-state index contributed by atoms with van der Waals surface area (Å²) in [4.78, 5) is 26.6. The summed E-state index contributed by atoms with van der Waals surface area (Å²) in [5.41, 5.74) is 4.05. The van der Waals surface area contributed by atoms with Crippen molar-refractivity contribution in [3.05, 3.63) is 65.2 Å². The van der Waals surface area contributed by atoms with E-state index in [9.17, 15) is 9.59 Å². The molecule has 1 fully saturated rings. The van der Waals surface area contributed by atoms with Crippen LogP contribution in [0.1, 0.15) is 34.3 Å². The molecule has 0 bridgehead atoms. The second-order valence-electron chi connectivity index (χ2n) is 7.12. The molecule has 0 aliphatic carbocycles. The highest BCUT2D eigenvalue weighted by molar-refractivity contribution is 5.94. The minimum absolute atomic E-state index is 0.0507. The van der Waals surface area contributed by atoms with Crippen molar-refractivity contribution < 1.29 is 9.59 Å². The quantitative estimate of drug-likeness (QED) is 0.784. The van der Waals surface area contributed by atoms with Gasteiger partial charge in [-0.15, -0.1) is 0 Å². The van der Waals surface area contributed by atoms with Crippen LogP contribution in [0.3, 0.4) is 0 Å². The third kappa shape index (κ3) is 4.11. The Morgan fingerprint density at radius 1 is 0.963 bits per heavy atom. The van der Waals surface area contributed by atoms with Gasteiger partial charge in [-0.2, -0.15) is 0 Å². The number of fused-ring (bicyclic) bond motifs is 1. The summed E-state index contributed by atoms with van der Waals surface area (Å²) in [6.45, 7) is 3.02. The fraction of sp³-hybridized carbons (Fsp3) is 0.333. The van der Waals surface area contributed by atoms with Gasteiger partial charge in [0.15, 0.2) is 0 Å². The second kappa shape index (κ2) is 7.80. The highest BCUT2D eigenvalue weighted by atomic mass is 16.2. The molecule has 140 valence electrons. The van der Waals surface area contributed by atoms with Crippen LogP contribution in [-0.2, 0) is 13.1 Å². The van der Waals surface area contributed by atoms with Gasteiger partial charge in [0, 0.05) is 43.5 Å². The van der Waals surface area contributed by atoms with Gasteiger partial charge in [-0.05, 0) is 48.2 Å². The Hall–Kier alpha value is -2.86. The first-order chi connectivity index (χ1) is 13.2. The zero-order chi connectivity index (χ0) is 18.6. The van der Waals surface area contributed by atoms with Crippen molar-refractivity contribution in [1.82, 2.24) is 15.5 Å². The average molecular weight is 364 g/mol. The number of anilines is 1. The zero-order valence-corrected chi connectivity index (χ0v) is 15.2. The molecule has 4 rings (SSSR count). The van der Waals surface area contributed by atoms with Crippen LogP contribution in [0.15, 0.2) is 48.5 Å². The van der Waals surface area contributed by atoms with Crippen molar-refractivity contribution in [2.45, 2.75) is 32.0 Å². The van der Waals surface area contributed by atoms with Crippen LogP contribution < -0.4 is 16.0 Å². The van der Waals surface area contributed by atoms with Crippen LogP contribution in [0.25, 0.3) is 0 Å². The van der Waals surface area contributed by atoms with Crippen LogP contribution in [-0.4, -0.2) is 36.0 Å². The molecule has 0 unspecified atom stereocenters. The largest absolute Gasteiger partial charge is 0.349 e. The highest BCUT2D eigenvalue weighted by Gasteiger charge is 2.24. The number of rotatable bonds is 3. The number of amides is 3. The van der Waals surface area contributed by atoms with Crippen molar-refractivity contribution in [1.29, 1.82) is 0 Å². The zero-order valence-electron chi connectivity index (χ0n) is 15.2. The van der Waals surface area contributed by atoms with Gasteiger partial charge in [0.1, 0.15) is 0 Å². The van der Waals surface area contributed by atoms with Gasteiger partial charge in [0.25, 0.3) is 5.91 Å². The molecular formula is C21H24N4O2. The number of carbonyl (C=O) groups is 2. The number of carbonyl (C=O) groups excluding carboxylic acids is 2. The molecule has 2 aliphatic rings. The lowest BCUT2D eigenvalue weighted by molar-refractivity contribution is 0.0919. The van der Waals surface area contributed by atoms with Gasteiger partial charge in [-0.25, -0.2) is 4.79 Å². The van der Waals surface area contributed by atoms with E-state index < -0.39 is 0 Å². The fourth-order valence-electron chi connectivity index (χ4n) is 3.66. The third-order valence-electron chi connectivity index (χ3n) is 5.24. The molecule has 3 N–H and O–H groups in total. The molecule has 2 aromatic rings. The summed E-state index contributed by atoms with van der Waals surface area (Å²) in [5.74, 6) is -0.0507. The van der Waals surface area contributed by atoms with E-state index in [1.54, 1.807) is 0 Å². The number of piperidine rings is 1. The molecule has 0 aromatic heterocycles. The summed E-state index contributed by atoms with van der Waals surface area (Å²) in [6, 6.07) is 15.3. The Kier molecular flexibility index (Phi) is 5.07. The Bertz CT molecular complexity index is 829. The molecule has 0 saturated carbocycles. The Morgan fingerprint density at radius 2 is 1.70 bits per heavy atom. The normalized spacial score (nSPS) is 16.7. The molecule has 3 amide bonds. The first kappa shape index (κ1) is 17.5. The van der Waals surface area contributed by atoms with Crippen LogP contribution >= 0.6 is 0 Å². The molecule has 2 aromatic carbocycles. The number of hydrogen-bond donors (Lipinski definition) is 3. The van der Waals surface area contributed by atoms with E-state index in [4.69, 9.17) is 0 Å². The third-order valence-corrected chi connectivity index (χ3v) is 5.24. The molecule has 0 spiro atoms. The Labute approximate surface area is 158 Å². The maximum absolute atomic E-state index is 12.5. The van der Waals surface area contributed by atoms with Gasteiger partial charge in [0.2, 0.25) is 0 Å². The van der Waals surface area contributed by atoms with Gasteiger partial charge in [0.05, 0.1) is 0 Å². The number of hydrogen-bond acceptors (Lipinski definition) is 3. The van der Waals surface area contributed by atoms with E-state index in [-0.39, 0.29) is 18.0 Å². The first-order valence-electron chi connectivity index (χ1n) is 9.43. The van der Waals surface area contributed by atoms with Gasteiger partial charge in [-0.3, -0.25) is 4.79 Å². The Balaban J connectivity index is 1.27. The maximum atomic E-state index is 12.5. The molecule has 27 heavy (non-hydrogen) atoms. The molecule has 1 saturated heterocycles. The number of urea groups is 1. The summed E-state index contributed by atoms with van der Waals surface area (Å²) < 4.78 is 0. The highest BCUT2D eigenvalue weighted by Crippen LogP contribution is 2.21. The van der Waals surface area contributed by atoms with E-state index in [0.717, 1.165) is 31.6 Å². The average Bonchev–Trinajstić information content (AvgIpc) is 3.17. The standard InChI is InChI=1S/C21H24N4O2/c26-20(15-4-2-1-3-5-15)23-18-8-10-25(11-9-18)21(27)24-19-7-6-16-13-22-14-17(16)12-19/h1-7,12,18,22H,8-11,13-14H2,(H,23,26)(H,24,27). The summed E-state index contributed by atoms with van der Waals surface area (Å²) >= 11 is 0. The van der Waals surface area contributed by atoms with E-state index >= 15 is 0 Å². The molecule has 0 atom stereocenters. The van der Waals surface area contributed by atoms with Crippen molar-refractivity contribution in [3.8, 4) is 0 Å². The number of benzene rings is 2. The smallest absolute Gasteiger partial charge is 0.321 e. The van der Waals surface area contributed by atoms with Crippen LogP contribution in [0.5, 0.6) is 0 Å². The van der Waals surface area contributed by atoms with Crippen molar-refractivity contribution in [3.63, 3.8) is 0 Å². The molecule has 6 nitrogen and oxygen atoms in total. The van der Waals surface area contributed by atoms with Gasteiger partial charge in [-0.1, -0.05) is 24.3 Å². The fourth-order valence-corrected chi connectivity index (χ4v) is 3.66. The second-order valence-corrected chi connectivity index (χ2v) is 7.12. The van der Waals surface area contributed by atoms with Crippen molar-refractivity contribution in [2.24, 2.45) is 0 Å². The van der Waals surface area contributed by atoms with E-state index in [1.807, 2.05) is 47.4 Å². The first-order valence-corrected chi connectivity index (χ1v) is 9.43. The lowest BCUT2D eigenvalue weighted by Gasteiger charge is -2.32. The number of nitrogens with one attached hydrogen (secondary N) is 3. The molecule has 6 heteroatoms. The predicted octanol–water partition coefficient (Wildman–Crippen LogP) is 2.72. The van der Waals surface area contributed by atoms with E-state index in [1.165, 1.54) is 11.1 Å². The lowest BCUT2D eigenvalue weighted by atomic mass is 10.0. The van der Waals surface area contributed by atoms with Crippen molar-refractivity contribution in [2.75, 3.05) is 18.4 Å². The molecule has 0 radical (unpaired) electrons. The van der Waals surface area contributed by atoms with Crippen LogP contribution in [0.2, 0.25) is 0 Å². The topological polar surface area (TPSA) is 73.5 Å². The van der Waals surface area contributed by atoms with Gasteiger partial charge < -0.3 is 20.9 Å². The SMILES string of the molecule is O=C(NC1CCN(C(=O)Nc2ccc3c(c2)CNC3)CC1)c1ccccc1. The maximum Gasteiger partial charge on any atom is 0.321 e. The Morgan fingerprint density at radius 3 is 2.48 bits per heavy atom.